The maximum Gasteiger partial charge on any atom is 0.231 e. The maximum absolute atomic E-state index is 5.41. The van der Waals surface area contributed by atoms with Crippen LogP contribution in [0.4, 0.5) is 5.82 Å². The Morgan fingerprint density at radius 1 is 1.24 bits per heavy atom. The topological polar surface area (TPSA) is 85.0 Å². The molecule has 0 radical (unpaired) electrons. The summed E-state index contributed by atoms with van der Waals surface area (Å²) in [4.78, 5) is 8.40. The van der Waals surface area contributed by atoms with Gasteiger partial charge in [0.05, 0.1) is 17.6 Å². The van der Waals surface area contributed by atoms with Crippen LogP contribution in [0.2, 0.25) is 0 Å². The molecule has 4 rings (SSSR count). The Morgan fingerprint density at radius 2 is 2.14 bits per heavy atom. The average molecular weight is 283 g/mol. The first-order valence-electron chi connectivity index (χ1n) is 6.61. The van der Waals surface area contributed by atoms with E-state index in [4.69, 9.17) is 9.47 Å². The van der Waals surface area contributed by atoms with Crippen molar-refractivity contribution in [3.63, 3.8) is 0 Å². The van der Waals surface area contributed by atoms with E-state index in [9.17, 15) is 0 Å². The van der Waals surface area contributed by atoms with Gasteiger partial charge in [-0.2, -0.15) is 5.10 Å². The molecule has 0 aliphatic carbocycles. The van der Waals surface area contributed by atoms with Crippen LogP contribution in [-0.4, -0.2) is 27.0 Å². The van der Waals surface area contributed by atoms with Crippen LogP contribution in [0.25, 0.3) is 11.0 Å². The number of hydrogen-bond acceptors (Lipinski definition) is 6. The monoisotopic (exact) mass is 283 g/mol. The highest BCUT2D eigenvalue weighted by Crippen LogP contribution is 2.35. The second kappa shape index (κ2) is 4.62. The average Bonchev–Trinajstić information content (AvgIpc) is 3.15. The van der Waals surface area contributed by atoms with E-state index >= 15 is 0 Å². The first kappa shape index (κ1) is 12.0. The molecule has 0 saturated carbocycles. The number of aromatic amines is 1. The quantitative estimate of drug-likeness (QED) is 0.767. The third-order valence-electron chi connectivity index (χ3n) is 3.50. The van der Waals surface area contributed by atoms with Crippen molar-refractivity contribution in [1.29, 1.82) is 0 Å². The molecule has 0 bridgehead atoms. The van der Waals surface area contributed by atoms with Gasteiger partial charge in [0.1, 0.15) is 12.1 Å². The number of ether oxygens (including phenoxy) is 2. The van der Waals surface area contributed by atoms with E-state index in [-0.39, 0.29) is 12.8 Å². The predicted octanol–water partition coefficient (Wildman–Crippen LogP) is 2.25. The van der Waals surface area contributed by atoms with E-state index in [0.717, 1.165) is 28.3 Å². The van der Waals surface area contributed by atoms with Gasteiger partial charge in [0, 0.05) is 0 Å². The molecule has 2 N–H and O–H groups in total. The Bertz CT molecular complexity index is 801. The Hall–Kier alpha value is -2.83. The molecule has 21 heavy (non-hydrogen) atoms. The van der Waals surface area contributed by atoms with E-state index in [1.165, 1.54) is 6.33 Å². The number of benzene rings is 1. The number of H-pyrrole nitrogens is 1. The van der Waals surface area contributed by atoms with Gasteiger partial charge in [-0.1, -0.05) is 6.07 Å². The van der Waals surface area contributed by atoms with Gasteiger partial charge in [-0.25, -0.2) is 9.97 Å². The number of aromatic nitrogens is 4. The van der Waals surface area contributed by atoms with Crippen molar-refractivity contribution in [2.24, 2.45) is 0 Å². The molecule has 0 fully saturated rings. The highest BCUT2D eigenvalue weighted by molar-refractivity contribution is 5.85. The minimum Gasteiger partial charge on any atom is -0.454 e. The van der Waals surface area contributed by atoms with Crippen molar-refractivity contribution in [1.82, 2.24) is 20.2 Å². The van der Waals surface area contributed by atoms with Gasteiger partial charge >= 0.3 is 0 Å². The molecule has 7 nitrogen and oxygen atoms in total. The van der Waals surface area contributed by atoms with Crippen LogP contribution >= 0.6 is 0 Å². The minimum atomic E-state index is 0.0625. The molecule has 0 spiro atoms. The molecule has 1 aromatic carbocycles. The second-order valence-corrected chi connectivity index (χ2v) is 4.83. The van der Waals surface area contributed by atoms with Gasteiger partial charge in [-0.15, -0.1) is 0 Å². The number of fused-ring (bicyclic) bond motifs is 2. The van der Waals surface area contributed by atoms with Gasteiger partial charge in [0.25, 0.3) is 0 Å². The lowest BCUT2D eigenvalue weighted by Gasteiger charge is -2.15. The fourth-order valence-corrected chi connectivity index (χ4v) is 2.35. The zero-order valence-electron chi connectivity index (χ0n) is 11.3. The Labute approximate surface area is 120 Å². The predicted molar refractivity (Wildman–Crippen MR) is 76.3 cm³/mol. The molecule has 0 unspecified atom stereocenters. The summed E-state index contributed by atoms with van der Waals surface area (Å²) in [6, 6.07) is 5.98. The summed E-state index contributed by atoms with van der Waals surface area (Å²) < 4.78 is 10.7. The molecule has 0 saturated heterocycles. The molecule has 7 heteroatoms. The van der Waals surface area contributed by atoms with E-state index in [1.54, 1.807) is 6.20 Å². The SMILES string of the molecule is C[C@@H](Nc1ncnc2[nH]ncc12)c1ccc2c(c1)OCO2. The zero-order chi connectivity index (χ0) is 14.2. The third-order valence-corrected chi connectivity index (χ3v) is 3.50. The summed E-state index contributed by atoms with van der Waals surface area (Å²) in [5.41, 5.74) is 1.81. The van der Waals surface area contributed by atoms with Crippen molar-refractivity contribution in [2.45, 2.75) is 13.0 Å². The normalized spacial score (nSPS) is 14.3. The largest absolute Gasteiger partial charge is 0.454 e. The summed E-state index contributed by atoms with van der Waals surface area (Å²) in [6.45, 7) is 2.34. The van der Waals surface area contributed by atoms with Gasteiger partial charge in [-0.05, 0) is 24.6 Å². The van der Waals surface area contributed by atoms with Gasteiger partial charge in [-0.3, -0.25) is 5.10 Å². The standard InChI is InChI=1S/C14H13N5O2/c1-8(9-2-3-11-12(4-9)21-7-20-11)18-13-10-5-17-19-14(10)16-6-15-13/h2-6,8H,7H2,1H3,(H2,15,16,17,18,19)/t8-/m1/s1. The Balaban J connectivity index is 1.63. The molecule has 1 aliphatic rings. The summed E-state index contributed by atoms with van der Waals surface area (Å²) in [6.07, 6.45) is 3.22. The lowest BCUT2D eigenvalue weighted by Crippen LogP contribution is -2.08. The molecular formula is C14H13N5O2. The smallest absolute Gasteiger partial charge is 0.231 e. The van der Waals surface area contributed by atoms with E-state index in [0.29, 0.717) is 5.65 Å². The van der Waals surface area contributed by atoms with Crippen LogP contribution < -0.4 is 14.8 Å². The van der Waals surface area contributed by atoms with Crippen molar-refractivity contribution in [3.8, 4) is 11.5 Å². The summed E-state index contributed by atoms with van der Waals surface area (Å²) in [5, 5.41) is 11.1. The van der Waals surface area contributed by atoms with E-state index < -0.39 is 0 Å². The number of hydrogen-bond donors (Lipinski definition) is 2. The van der Waals surface area contributed by atoms with Crippen LogP contribution in [-0.2, 0) is 0 Å². The van der Waals surface area contributed by atoms with Crippen LogP contribution in [0.5, 0.6) is 11.5 Å². The van der Waals surface area contributed by atoms with E-state index in [2.05, 4.69) is 32.4 Å². The first-order chi connectivity index (χ1) is 10.3. The Morgan fingerprint density at radius 3 is 3.10 bits per heavy atom. The Kier molecular flexibility index (Phi) is 2.63. The number of nitrogens with zero attached hydrogens (tertiary/aromatic N) is 3. The number of anilines is 1. The van der Waals surface area contributed by atoms with Crippen molar-refractivity contribution in [2.75, 3.05) is 12.1 Å². The number of rotatable bonds is 3. The van der Waals surface area contributed by atoms with Crippen LogP contribution in [0, 0.1) is 0 Å². The molecule has 1 atom stereocenters. The highest BCUT2D eigenvalue weighted by Gasteiger charge is 2.16. The van der Waals surface area contributed by atoms with Crippen LogP contribution in [0.1, 0.15) is 18.5 Å². The van der Waals surface area contributed by atoms with Crippen LogP contribution in [0.3, 0.4) is 0 Å². The van der Waals surface area contributed by atoms with Gasteiger partial charge in [0.15, 0.2) is 17.1 Å². The summed E-state index contributed by atoms with van der Waals surface area (Å²) >= 11 is 0. The summed E-state index contributed by atoms with van der Waals surface area (Å²) in [5.74, 6) is 2.31. The zero-order valence-corrected chi connectivity index (χ0v) is 11.3. The van der Waals surface area contributed by atoms with Gasteiger partial charge < -0.3 is 14.8 Å². The second-order valence-electron chi connectivity index (χ2n) is 4.83. The minimum absolute atomic E-state index is 0.0625. The highest BCUT2D eigenvalue weighted by atomic mass is 16.7. The molecular weight excluding hydrogens is 270 g/mol. The first-order valence-corrected chi connectivity index (χ1v) is 6.61. The lowest BCUT2D eigenvalue weighted by atomic mass is 10.1. The molecule has 0 amide bonds. The number of nitrogens with one attached hydrogen (secondary N) is 2. The fraction of sp³-hybridized carbons (Fsp3) is 0.214. The molecule has 3 aromatic rings. The van der Waals surface area contributed by atoms with Gasteiger partial charge in [0.2, 0.25) is 6.79 Å². The van der Waals surface area contributed by atoms with Crippen LogP contribution in [0.15, 0.2) is 30.7 Å². The van der Waals surface area contributed by atoms with Crippen molar-refractivity contribution >= 4 is 16.9 Å². The molecule has 106 valence electrons. The molecule has 1 aliphatic heterocycles. The fourth-order valence-electron chi connectivity index (χ4n) is 2.35. The van der Waals surface area contributed by atoms with Crippen molar-refractivity contribution in [3.05, 3.63) is 36.3 Å². The molecule has 3 heterocycles. The summed E-state index contributed by atoms with van der Waals surface area (Å²) in [7, 11) is 0. The van der Waals surface area contributed by atoms with Crippen molar-refractivity contribution < 1.29 is 9.47 Å². The third kappa shape index (κ3) is 2.03. The molecule has 2 aromatic heterocycles. The van der Waals surface area contributed by atoms with E-state index in [1.807, 2.05) is 18.2 Å². The maximum atomic E-state index is 5.41. The lowest BCUT2D eigenvalue weighted by molar-refractivity contribution is 0.174.